The van der Waals surface area contributed by atoms with E-state index in [2.05, 4.69) is 206 Å². The Morgan fingerprint density at radius 3 is 1.89 bits per heavy atom. The first kappa shape index (κ1) is 34.7. The maximum Gasteiger partial charge on any atom is 0.0786 e. The molecule has 3 aliphatic heterocycles. The highest BCUT2D eigenvalue weighted by Crippen LogP contribution is 2.53. The van der Waals surface area contributed by atoms with Gasteiger partial charge in [-0.05, 0) is 116 Å². The third kappa shape index (κ3) is 5.62. The van der Waals surface area contributed by atoms with Gasteiger partial charge in [-0.2, -0.15) is 0 Å². The summed E-state index contributed by atoms with van der Waals surface area (Å²) in [6.07, 6.45) is 14.2. The van der Waals surface area contributed by atoms with Gasteiger partial charge in [0.2, 0.25) is 0 Å². The van der Waals surface area contributed by atoms with Gasteiger partial charge in [-0.1, -0.05) is 147 Å². The molecule has 4 heteroatoms. The van der Waals surface area contributed by atoms with Crippen molar-refractivity contribution in [3.63, 3.8) is 0 Å². The topological polar surface area (TPSA) is 6.48 Å². The molecule has 2 nitrogen and oxygen atoms in total. The molecular weight excluding hydrogens is 717 g/mol. The molecule has 0 spiro atoms. The van der Waals surface area contributed by atoms with Crippen LogP contribution in [0.25, 0.3) is 17.2 Å². The van der Waals surface area contributed by atoms with Crippen molar-refractivity contribution in [3.8, 4) is 11.1 Å². The van der Waals surface area contributed by atoms with Gasteiger partial charge in [0.05, 0.1) is 16.4 Å². The van der Waals surface area contributed by atoms with Crippen LogP contribution in [0.4, 0.5) is 28.4 Å². The zero-order chi connectivity index (χ0) is 38.0. The first-order valence-electron chi connectivity index (χ1n) is 19.3. The minimum absolute atomic E-state index is 0.148. The van der Waals surface area contributed by atoms with Gasteiger partial charge >= 0.3 is 0 Å². The molecule has 0 amide bonds. The molecule has 0 aromatic heterocycles. The summed E-state index contributed by atoms with van der Waals surface area (Å²) >= 11 is 1.85. The molecule has 6 aromatic rings. The summed E-state index contributed by atoms with van der Waals surface area (Å²) in [5, 5.41) is 2.31. The van der Waals surface area contributed by atoms with Crippen LogP contribution in [0.2, 0.25) is 0 Å². The molecule has 6 aromatic carbocycles. The van der Waals surface area contributed by atoms with Gasteiger partial charge in [-0.25, -0.2) is 0 Å². The SMILES string of the molecule is C=CC=CS1=C(N2c3ccccc3Sc3ccccc32)C=CC(C=Cc2ccc3c(c2)C(C)(C)c2cc(N4c5ccccc5Cc5ccccc54)ccc2-3)=C1C. The Balaban J connectivity index is 0.996. The summed E-state index contributed by atoms with van der Waals surface area (Å²) in [5.74, 6) is 0. The van der Waals surface area contributed by atoms with E-state index in [1.54, 1.807) is 0 Å². The molecule has 10 rings (SSSR count). The Kier molecular flexibility index (Phi) is 8.50. The van der Waals surface area contributed by atoms with Crippen molar-refractivity contribution in [1.82, 2.24) is 0 Å². The zero-order valence-electron chi connectivity index (χ0n) is 31.9. The van der Waals surface area contributed by atoms with Gasteiger partial charge in [-0.15, -0.1) is 10.5 Å². The third-order valence-electron chi connectivity index (χ3n) is 11.6. The molecule has 1 atom stereocenters. The van der Waals surface area contributed by atoms with E-state index in [1.165, 1.54) is 92.6 Å². The normalized spacial score (nSPS) is 17.4. The van der Waals surface area contributed by atoms with Crippen LogP contribution in [0, 0.1) is 0 Å². The van der Waals surface area contributed by atoms with Crippen molar-refractivity contribution < 1.29 is 0 Å². The summed E-state index contributed by atoms with van der Waals surface area (Å²) in [6.45, 7) is 11.1. The molecule has 56 heavy (non-hydrogen) atoms. The van der Waals surface area contributed by atoms with Gasteiger partial charge in [0.15, 0.2) is 0 Å². The van der Waals surface area contributed by atoms with Crippen LogP contribution >= 0.6 is 22.2 Å². The van der Waals surface area contributed by atoms with Crippen LogP contribution in [0.3, 0.4) is 0 Å². The second-order valence-corrected chi connectivity index (χ2v) is 18.3. The maximum atomic E-state index is 4.02. The molecule has 0 saturated heterocycles. The lowest BCUT2D eigenvalue weighted by Crippen LogP contribution is -2.27. The van der Waals surface area contributed by atoms with Gasteiger partial charge in [0.25, 0.3) is 0 Å². The van der Waals surface area contributed by atoms with E-state index in [9.17, 15) is 0 Å². The summed E-state index contributed by atoms with van der Waals surface area (Å²) in [7, 11) is -0.279. The molecular formula is C52H42N2S2. The lowest BCUT2D eigenvalue weighted by molar-refractivity contribution is 0.660. The smallest absolute Gasteiger partial charge is 0.0786 e. The average molecular weight is 759 g/mol. The Labute approximate surface area is 337 Å². The van der Waals surface area contributed by atoms with Crippen LogP contribution in [-0.4, -0.2) is 4.99 Å². The van der Waals surface area contributed by atoms with Crippen molar-refractivity contribution >= 4 is 61.7 Å². The maximum absolute atomic E-state index is 4.02. The lowest BCUT2D eigenvalue weighted by Gasteiger charge is -2.35. The van der Waals surface area contributed by atoms with E-state index in [0.29, 0.717) is 0 Å². The van der Waals surface area contributed by atoms with Crippen molar-refractivity contribution in [1.29, 1.82) is 0 Å². The molecule has 0 bridgehead atoms. The molecule has 0 fully saturated rings. The number of hydrogen-bond donors (Lipinski definition) is 0. The summed E-state index contributed by atoms with van der Waals surface area (Å²) < 4.78 is 0. The van der Waals surface area contributed by atoms with E-state index in [-0.39, 0.29) is 15.9 Å². The number of anilines is 5. The summed E-state index contributed by atoms with van der Waals surface area (Å²) in [6, 6.07) is 49.3. The fourth-order valence-corrected chi connectivity index (χ4v) is 11.8. The Hall–Kier alpha value is -5.81. The Morgan fingerprint density at radius 2 is 1.23 bits per heavy atom. The van der Waals surface area contributed by atoms with Crippen LogP contribution in [0.1, 0.15) is 48.6 Å². The van der Waals surface area contributed by atoms with E-state index in [1.807, 2.05) is 17.8 Å². The quantitative estimate of drug-likeness (QED) is 0.127. The largest absolute Gasteiger partial charge is 0.310 e. The van der Waals surface area contributed by atoms with E-state index in [4.69, 9.17) is 0 Å². The number of fused-ring (bicyclic) bond motifs is 7. The number of benzene rings is 6. The molecule has 1 unspecified atom stereocenters. The van der Waals surface area contributed by atoms with Crippen LogP contribution in [-0.2, 0) is 11.8 Å². The molecule has 3 heterocycles. The summed E-state index contributed by atoms with van der Waals surface area (Å²) in [5.41, 5.74) is 16.7. The monoisotopic (exact) mass is 758 g/mol. The number of para-hydroxylation sites is 4. The molecule has 0 saturated carbocycles. The van der Waals surface area contributed by atoms with E-state index >= 15 is 0 Å². The first-order chi connectivity index (χ1) is 27.4. The molecule has 272 valence electrons. The number of hydrogen-bond acceptors (Lipinski definition) is 3. The highest BCUT2D eigenvalue weighted by atomic mass is 32.2. The predicted octanol–water partition coefficient (Wildman–Crippen LogP) is 14.6. The van der Waals surface area contributed by atoms with E-state index < -0.39 is 0 Å². The lowest BCUT2D eigenvalue weighted by atomic mass is 9.81. The molecule has 1 aliphatic carbocycles. The van der Waals surface area contributed by atoms with Crippen molar-refractivity contribution in [2.75, 3.05) is 9.80 Å². The van der Waals surface area contributed by atoms with E-state index in [0.717, 1.165) is 6.42 Å². The minimum Gasteiger partial charge on any atom is -0.310 e. The molecule has 0 radical (unpaired) electrons. The standard InChI is InChI=1S/C52H42N2S2/c1-5-6-31-56-35(2)37(26-30-51(56)54-47-19-11-13-21-49(47)55-50-22-14-12-20-48(50)54)25-23-36-24-28-41-42-29-27-40(34-44(42)52(3,4)43(41)32-36)53-45-17-9-7-15-38(45)33-39-16-8-10-18-46(39)53/h5-32,34H,1,33H2,2-4H3. The third-order valence-corrected chi connectivity index (χ3v) is 14.8. The highest BCUT2D eigenvalue weighted by molar-refractivity contribution is 8.22. The number of nitrogens with zero attached hydrogens (tertiary/aromatic N) is 2. The van der Waals surface area contributed by atoms with Crippen molar-refractivity contribution in [3.05, 3.63) is 214 Å². The molecule has 4 aliphatic rings. The first-order valence-corrected chi connectivity index (χ1v) is 21.4. The van der Waals surface area contributed by atoms with Crippen molar-refractivity contribution in [2.24, 2.45) is 0 Å². The second kappa shape index (κ2) is 13.7. The fourth-order valence-electron chi connectivity index (χ4n) is 8.77. The van der Waals surface area contributed by atoms with Gasteiger partial charge in [0.1, 0.15) is 0 Å². The van der Waals surface area contributed by atoms with Gasteiger partial charge < -0.3 is 9.80 Å². The summed E-state index contributed by atoms with van der Waals surface area (Å²) in [4.78, 5) is 10.1. The van der Waals surface area contributed by atoms with Crippen molar-refractivity contribution in [2.45, 2.75) is 42.4 Å². The Bertz CT molecular complexity index is 2690. The van der Waals surface area contributed by atoms with Gasteiger partial charge in [-0.3, -0.25) is 0 Å². The fraction of sp³-hybridized carbons (Fsp3) is 0.0962. The van der Waals surface area contributed by atoms with Gasteiger partial charge in [0, 0.05) is 38.7 Å². The second-order valence-electron chi connectivity index (χ2n) is 15.2. The van der Waals surface area contributed by atoms with Crippen LogP contribution in [0.15, 0.2) is 196 Å². The molecule has 0 N–H and O–H groups in total. The minimum atomic E-state index is -0.279. The number of rotatable bonds is 5. The zero-order valence-corrected chi connectivity index (χ0v) is 33.5. The van der Waals surface area contributed by atoms with Crippen LogP contribution < -0.4 is 9.80 Å². The predicted molar refractivity (Wildman–Crippen MR) is 243 cm³/mol. The highest BCUT2D eigenvalue weighted by Gasteiger charge is 2.37. The number of allylic oxidation sites excluding steroid dienone is 6. The van der Waals surface area contributed by atoms with Crippen LogP contribution in [0.5, 0.6) is 0 Å². The average Bonchev–Trinajstić information content (AvgIpc) is 3.45. The Morgan fingerprint density at radius 1 is 0.643 bits per heavy atom.